The molecule has 0 unspecified atom stereocenters. The van der Waals surface area contributed by atoms with Crippen molar-refractivity contribution < 1.29 is 52.6 Å². The SMILES string of the molecule is CC(C)(COC(=O)O[C@H](CC(=O)[O-])C[N+](C)(C)C)[C@H]1OC(=O)/C=C/C(=O)SCCNC(=O)CCNC1=O. The molecule has 0 aromatic carbocycles. The van der Waals surface area contributed by atoms with Gasteiger partial charge in [-0.3, -0.25) is 14.4 Å². The van der Waals surface area contributed by atoms with Gasteiger partial charge >= 0.3 is 12.1 Å². The summed E-state index contributed by atoms with van der Waals surface area (Å²) < 4.78 is 15.9. The smallest absolute Gasteiger partial charge is 0.508 e. The number of carboxylic acid groups (broad SMARTS) is 1. The number of cyclic esters (lactones) is 1. The summed E-state index contributed by atoms with van der Waals surface area (Å²) in [5.74, 6) is -3.14. The van der Waals surface area contributed by atoms with Gasteiger partial charge < -0.3 is 39.2 Å². The average Bonchev–Trinajstić information content (AvgIpc) is 2.75. The Balaban J connectivity index is 2.96. The number of carbonyl (C=O) groups is 6. The van der Waals surface area contributed by atoms with E-state index in [2.05, 4.69) is 10.6 Å². The van der Waals surface area contributed by atoms with Gasteiger partial charge in [0.2, 0.25) is 11.0 Å². The van der Waals surface area contributed by atoms with E-state index in [1.807, 2.05) is 0 Å². The molecule has 0 aromatic rings. The first-order valence-corrected chi connectivity index (χ1v) is 12.5. The predicted molar refractivity (Wildman–Crippen MR) is 130 cm³/mol. The van der Waals surface area contributed by atoms with Crippen LogP contribution in [-0.2, 0) is 38.2 Å². The summed E-state index contributed by atoms with van der Waals surface area (Å²) in [5.41, 5.74) is -1.29. The fourth-order valence-electron chi connectivity index (χ4n) is 3.16. The predicted octanol–water partition coefficient (Wildman–Crippen LogP) is -1.26. The second-order valence-electron chi connectivity index (χ2n) is 10.0. The molecule has 37 heavy (non-hydrogen) atoms. The number of hydrogen-bond acceptors (Lipinski definition) is 11. The lowest BCUT2D eigenvalue weighted by Gasteiger charge is -2.32. The molecule has 1 aliphatic rings. The van der Waals surface area contributed by atoms with E-state index in [0.29, 0.717) is 10.2 Å². The third-order valence-corrected chi connectivity index (χ3v) is 5.66. The fraction of sp³-hybridized carbons (Fsp3) is 0.652. The minimum Gasteiger partial charge on any atom is -0.550 e. The molecule has 1 aliphatic heterocycles. The van der Waals surface area contributed by atoms with Gasteiger partial charge in [-0.05, 0) is 6.08 Å². The van der Waals surface area contributed by atoms with E-state index in [9.17, 15) is 33.9 Å². The van der Waals surface area contributed by atoms with Gasteiger partial charge in [-0.15, -0.1) is 0 Å². The summed E-state index contributed by atoms with van der Waals surface area (Å²) in [5, 5.41) is 15.7. The summed E-state index contributed by atoms with van der Waals surface area (Å²) in [7, 11) is 5.35. The van der Waals surface area contributed by atoms with E-state index < -0.39 is 59.8 Å². The van der Waals surface area contributed by atoms with Gasteiger partial charge in [0.05, 0.1) is 21.1 Å². The minimum atomic E-state index is -1.47. The number of aliphatic carboxylic acids is 1. The van der Waals surface area contributed by atoms with E-state index in [-0.39, 0.29) is 32.0 Å². The topological polar surface area (TPSA) is 177 Å². The number of thioether (sulfide) groups is 1. The molecule has 2 atom stereocenters. The first-order chi connectivity index (χ1) is 17.1. The van der Waals surface area contributed by atoms with Crippen molar-refractivity contribution >= 4 is 46.8 Å². The van der Waals surface area contributed by atoms with Gasteiger partial charge in [0.25, 0.3) is 5.91 Å². The summed E-state index contributed by atoms with van der Waals surface area (Å²) in [6.45, 7) is 2.91. The molecule has 2 N–H and O–H groups in total. The standard InChI is InChI=1S/C23H35N3O10S/c1-23(2,14-34-22(33)35-15(12-17(28)29)13-26(3,4)5)20-21(32)25-9-8-16(27)24-10-11-37-19(31)7-6-18(30)36-20/h6-7,15,20H,8-14H2,1-5H3,(H2-,24,25,27,28,29,32)/b7-6+/t15-,20+/m1/s1. The number of rotatable bonds is 8. The van der Waals surface area contributed by atoms with Crippen molar-refractivity contribution in [2.45, 2.75) is 38.9 Å². The number of carboxylic acids is 1. The van der Waals surface area contributed by atoms with E-state index in [1.54, 1.807) is 21.1 Å². The van der Waals surface area contributed by atoms with Gasteiger partial charge in [0.1, 0.15) is 13.2 Å². The molecule has 0 saturated heterocycles. The lowest BCUT2D eigenvalue weighted by atomic mass is 9.86. The van der Waals surface area contributed by atoms with E-state index >= 15 is 0 Å². The Morgan fingerprint density at radius 1 is 1.16 bits per heavy atom. The molecule has 1 rings (SSSR count). The third kappa shape index (κ3) is 13.7. The Bertz CT molecular complexity index is 898. The molecule has 14 heteroatoms. The monoisotopic (exact) mass is 545 g/mol. The minimum absolute atomic E-state index is 0.0430. The van der Waals surface area contributed by atoms with Gasteiger partial charge in [-0.25, -0.2) is 9.59 Å². The zero-order valence-electron chi connectivity index (χ0n) is 21.7. The molecule has 0 radical (unpaired) electrons. The van der Waals surface area contributed by atoms with Crippen LogP contribution in [0.1, 0.15) is 26.7 Å². The number of nitrogens with zero attached hydrogens (tertiary/aromatic N) is 1. The molecule has 0 spiro atoms. The maximum Gasteiger partial charge on any atom is 0.508 e. The Morgan fingerprint density at radius 3 is 2.46 bits per heavy atom. The molecule has 13 nitrogen and oxygen atoms in total. The second-order valence-corrected chi connectivity index (χ2v) is 11.1. The molecule has 2 amide bonds. The highest BCUT2D eigenvalue weighted by molar-refractivity contribution is 8.14. The Labute approximate surface area is 219 Å². The van der Waals surface area contributed by atoms with Gasteiger partial charge in [-0.1, -0.05) is 25.6 Å². The Kier molecular flexibility index (Phi) is 12.6. The average molecular weight is 546 g/mol. The normalized spacial score (nSPS) is 20.3. The van der Waals surface area contributed by atoms with Gasteiger partial charge in [-0.2, -0.15) is 0 Å². The van der Waals surface area contributed by atoms with Crippen molar-refractivity contribution in [1.29, 1.82) is 0 Å². The largest absolute Gasteiger partial charge is 0.550 e. The molecule has 1 heterocycles. The Hall–Kier alpha value is -3.13. The number of ether oxygens (including phenoxy) is 3. The highest BCUT2D eigenvalue weighted by Gasteiger charge is 2.40. The summed E-state index contributed by atoms with van der Waals surface area (Å²) in [6, 6.07) is 0. The van der Waals surface area contributed by atoms with E-state index in [4.69, 9.17) is 14.2 Å². The first-order valence-electron chi connectivity index (χ1n) is 11.5. The van der Waals surface area contributed by atoms with Crippen molar-refractivity contribution in [2.75, 3.05) is 53.1 Å². The van der Waals surface area contributed by atoms with Crippen molar-refractivity contribution in [3.05, 3.63) is 12.2 Å². The lowest BCUT2D eigenvalue weighted by Crippen LogP contribution is -2.49. The van der Waals surface area contributed by atoms with Crippen LogP contribution in [0.15, 0.2) is 12.2 Å². The van der Waals surface area contributed by atoms with Crippen molar-refractivity contribution in [2.24, 2.45) is 5.41 Å². The van der Waals surface area contributed by atoms with E-state index in [1.165, 1.54) is 13.8 Å². The van der Waals surface area contributed by atoms with Crippen LogP contribution in [0, 0.1) is 5.41 Å². The number of quaternary nitrogens is 1. The molecule has 0 saturated carbocycles. The molecule has 0 aromatic heterocycles. The van der Waals surface area contributed by atoms with Crippen LogP contribution in [-0.4, -0.2) is 105 Å². The zero-order chi connectivity index (χ0) is 28.2. The molecular weight excluding hydrogens is 510 g/mol. The van der Waals surface area contributed by atoms with Crippen LogP contribution in [0.3, 0.4) is 0 Å². The van der Waals surface area contributed by atoms with Crippen molar-refractivity contribution in [3.63, 3.8) is 0 Å². The van der Waals surface area contributed by atoms with Crippen LogP contribution in [0.4, 0.5) is 4.79 Å². The highest BCUT2D eigenvalue weighted by Crippen LogP contribution is 2.25. The van der Waals surface area contributed by atoms with Crippen LogP contribution in [0.2, 0.25) is 0 Å². The number of likely N-dealkylation sites (N-methyl/N-ethyl adjacent to an activating group) is 1. The molecule has 0 aliphatic carbocycles. The highest BCUT2D eigenvalue weighted by atomic mass is 32.2. The maximum atomic E-state index is 12.9. The molecule has 0 fully saturated rings. The van der Waals surface area contributed by atoms with Crippen LogP contribution >= 0.6 is 11.8 Å². The summed E-state index contributed by atoms with van der Waals surface area (Å²) >= 11 is 0.898. The van der Waals surface area contributed by atoms with Gasteiger partial charge in [0, 0.05) is 49.1 Å². The van der Waals surface area contributed by atoms with Crippen LogP contribution < -0.4 is 15.7 Å². The number of nitrogens with one attached hydrogen (secondary N) is 2. The fourth-order valence-corrected chi connectivity index (χ4v) is 3.73. The lowest BCUT2D eigenvalue weighted by molar-refractivity contribution is -0.873. The molecule has 0 bridgehead atoms. The summed E-state index contributed by atoms with van der Waals surface area (Å²) in [6.07, 6.45) is -2.36. The maximum absolute atomic E-state index is 12.9. The number of carbonyl (C=O) groups excluding carboxylic acids is 6. The zero-order valence-corrected chi connectivity index (χ0v) is 22.5. The van der Waals surface area contributed by atoms with Crippen LogP contribution in [0.5, 0.6) is 0 Å². The third-order valence-electron chi connectivity index (χ3n) is 4.83. The molecular formula is C23H35N3O10S. The van der Waals surface area contributed by atoms with Gasteiger partial charge in [0.15, 0.2) is 12.2 Å². The van der Waals surface area contributed by atoms with Crippen molar-refractivity contribution in [3.8, 4) is 0 Å². The van der Waals surface area contributed by atoms with Crippen molar-refractivity contribution in [1.82, 2.24) is 10.6 Å². The second kappa shape index (κ2) is 14.6. The number of esters is 1. The number of hydrogen-bond donors (Lipinski definition) is 2. The first kappa shape index (κ1) is 31.9. The number of amides is 2. The molecule has 208 valence electrons. The van der Waals surface area contributed by atoms with Crippen LogP contribution in [0.25, 0.3) is 0 Å². The quantitative estimate of drug-likeness (QED) is 0.275. The summed E-state index contributed by atoms with van der Waals surface area (Å²) in [4.78, 5) is 72.3. The Morgan fingerprint density at radius 2 is 1.84 bits per heavy atom. The van der Waals surface area contributed by atoms with E-state index in [0.717, 1.165) is 23.9 Å².